The average Bonchev–Trinajstić information content (AvgIpc) is 2.49. The molecule has 22 heavy (non-hydrogen) atoms. The monoisotopic (exact) mass is 313 g/mol. The van der Waals surface area contributed by atoms with E-state index in [0.29, 0.717) is 32.1 Å². The molecule has 1 aromatic rings. The summed E-state index contributed by atoms with van der Waals surface area (Å²) in [5.41, 5.74) is -1.07. The molecule has 0 bridgehead atoms. The fraction of sp³-hybridized carbons (Fsp3) is 0.562. The van der Waals surface area contributed by atoms with E-state index in [1.807, 2.05) is 0 Å². The average molecular weight is 313 g/mol. The maximum atomic E-state index is 12.9. The molecular weight excluding hydrogens is 289 g/mol. The van der Waals surface area contributed by atoms with Crippen LogP contribution in [0.15, 0.2) is 24.3 Å². The highest BCUT2D eigenvalue weighted by Crippen LogP contribution is 2.20. The molecule has 6 heteroatoms. The summed E-state index contributed by atoms with van der Waals surface area (Å²) in [5.74, 6) is -0.0811. The van der Waals surface area contributed by atoms with E-state index < -0.39 is 5.60 Å². The Morgan fingerprint density at radius 2 is 1.59 bits per heavy atom. The first-order valence-electron chi connectivity index (χ1n) is 7.12. The van der Waals surface area contributed by atoms with Gasteiger partial charge in [0.1, 0.15) is 11.6 Å². The van der Waals surface area contributed by atoms with Gasteiger partial charge < -0.3 is 19.1 Å². The molecule has 0 aliphatic heterocycles. The van der Waals surface area contributed by atoms with Crippen LogP contribution < -0.4 is 4.74 Å². The van der Waals surface area contributed by atoms with Crippen molar-refractivity contribution in [3.8, 4) is 5.75 Å². The number of methoxy groups -OCH3 is 2. The zero-order valence-electron chi connectivity index (χ0n) is 13.6. The van der Waals surface area contributed by atoms with Gasteiger partial charge in [-0.15, -0.1) is 0 Å². The van der Waals surface area contributed by atoms with Crippen molar-refractivity contribution in [3.63, 3.8) is 0 Å². The number of benzene rings is 1. The van der Waals surface area contributed by atoms with Crippen LogP contribution in [-0.2, 0) is 14.3 Å². The highest BCUT2D eigenvalue weighted by atomic mass is 19.1. The maximum Gasteiger partial charge on any atom is 0.266 e. The summed E-state index contributed by atoms with van der Waals surface area (Å²) in [6.45, 7) is 5.14. The Hall–Kier alpha value is -1.66. The van der Waals surface area contributed by atoms with E-state index >= 15 is 0 Å². The molecule has 0 fully saturated rings. The van der Waals surface area contributed by atoms with Gasteiger partial charge >= 0.3 is 0 Å². The number of hydrogen-bond donors (Lipinski definition) is 0. The van der Waals surface area contributed by atoms with Crippen LogP contribution in [0.1, 0.15) is 13.8 Å². The van der Waals surface area contributed by atoms with Crippen LogP contribution in [0.5, 0.6) is 5.75 Å². The van der Waals surface area contributed by atoms with E-state index in [0.717, 1.165) is 0 Å². The fourth-order valence-corrected chi connectivity index (χ4v) is 1.94. The second-order valence-corrected chi connectivity index (χ2v) is 5.34. The van der Waals surface area contributed by atoms with Crippen LogP contribution in [0, 0.1) is 5.82 Å². The highest BCUT2D eigenvalue weighted by molar-refractivity contribution is 5.84. The summed E-state index contributed by atoms with van der Waals surface area (Å²) < 4.78 is 28.7. The number of halogens is 1. The third kappa shape index (κ3) is 5.61. The summed E-state index contributed by atoms with van der Waals surface area (Å²) in [5, 5.41) is 0. The van der Waals surface area contributed by atoms with Gasteiger partial charge in [0.25, 0.3) is 5.91 Å². The number of carbonyl (C=O) groups is 1. The third-order valence-electron chi connectivity index (χ3n) is 3.12. The van der Waals surface area contributed by atoms with Crippen LogP contribution in [0.3, 0.4) is 0 Å². The molecule has 124 valence electrons. The molecule has 5 nitrogen and oxygen atoms in total. The molecule has 0 saturated carbocycles. The van der Waals surface area contributed by atoms with Crippen molar-refractivity contribution < 1.29 is 23.4 Å². The molecule has 1 amide bonds. The van der Waals surface area contributed by atoms with Crippen molar-refractivity contribution in [1.82, 2.24) is 4.90 Å². The molecule has 0 aliphatic carbocycles. The van der Waals surface area contributed by atoms with Crippen molar-refractivity contribution in [3.05, 3.63) is 30.1 Å². The van der Waals surface area contributed by atoms with Crippen molar-refractivity contribution in [2.75, 3.05) is 40.5 Å². The SMILES string of the molecule is COCCN(CCOC)C(=O)C(C)(C)Oc1ccc(F)cc1. The summed E-state index contributed by atoms with van der Waals surface area (Å²) in [4.78, 5) is 14.3. The molecule has 0 spiro atoms. The van der Waals surface area contributed by atoms with Crippen LogP contribution in [0.25, 0.3) is 0 Å². The van der Waals surface area contributed by atoms with Crippen LogP contribution >= 0.6 is 0 Å². The summed E-state index contributed by atoms with van der Waals surface area (Å²) >= 11 is 0. The molecule has 0 radical (unpaired) electrons. The largest absolute Gasteiger partial charge is 0.478 e. The Labute approximate surface area is 131 Å². The fourth-order valence-electron chi connectivity index (χ4n) is 1.94. The molecule has 1 rings (SSSR count). The first-order chi connectivity index (χ1) is 10.4. The first kappa shape index (κ1) is 18.4. The molecule has 0 aliphatic rings. The van der Waals surface area contributed by atoms with Gasteiger partial charge in [0.05, 0.1) is 13.2 Å². The Morgan fingerprint density at radius 1 is 1.09 bits per heavy atom. The molecule has 0 saturated heterocycles. The van der Waals surface area contributed by atoms with Crippen molar-refractivity contribution in [2.45, 2.75) is 19.4 Å². The predicted octanol–water partition coefficient (Wildman–Crippen LogP) is 2.10. The molecule has 0 N–H and O–H groups in total. The maximum absolute atomic E-state index is 12.9. The number of nitrogens with zero attached hydrogens (tertiary/aromatic N) is 1. The normalized spacial score (nSPS) is 11.3. The Kier molecular flexibility index (Phi) is 7.27. The zero-order valence-corrected chi connectivity index (χ0v) is 13.6. The van der Waals surface area contributed by atoms with Crippen LogP contribution in [0.2, 0.25) is 0 Å². The summed E-state index contributed by atoms with van der Waals surface area (Å²) in [6.07, 6.45) is 0. The van der Waals surface area contributed by atoms with Crippen LogP contribution in [-0.4, -0.2) is 56.9 Å². The lowest BCUT2D eigenvalue weighted by molar-refractivity contribution is -0.146. The van der Waals surface area contributed by atoms with Gasteiger partial charge in [-0.2, -0.15) is 0 Å². The summed E-state index contributed by atoms with van der Waals surface area (Å²) in [7, 11) is 3.16. The quantitative estimate of drug-likeness (QED) is 0.700. The van der Waals surface area contributed by atoms with E-state index in [-0.39, 0.29) is 11.7 Å². The van der Waals surface area contributed by atoms with Crippen LogP contribution in [0.4, 0.5) is 4.39 Å². The van der Waals surface area contributed by atoms with Crippen molar-refractivity contribution in [2.24, 2.45) is 0 Å². The van der Waals surface area contributed by atoms with Gasteiger partial charge in [0.2, 0.25) is 0 Å². The number of carbonyl (C=O) groups excluding carboxylic acids is 1. The molecule has 0 unspecified atom stereocenters. The Morgan fingerprint density at radius 3 is 2.05 bits per heavy atom. The minimum Gasteiger partial charge on any atom is -0.478 e. The van der Waals surface area contributed by atoms with Gasteiger partial charge in [-0.05, 0) is 38.1 Å². The standard InChI is InChI=1S/C16H24FNO4/c1-16(2,22-14-7-5-13(17)6-8-14)15(19)18(9-11-20-3)10-12-21-4/h5-8H,9-12H2,1-4H3. The van der Waals surface area contributed by atoms with Gasteiger partial charge in [0.15, 0.2) is 5.60 Å². The Bertz CT molecular complexity index is 454. The van der Waals surface area contributed by atoms with Crippen molar-refractivity contribution in [1.29, 1.82) is 0 Å². The van der Waals surface area contributed by atoms with Gasteiger partial charge in [-0.25, -0.2) is 4.39 Å². The van der Waals surface area contributed by atoms with E-state index in [4.69, 9.17) is 14.2 Å². The number of hydrogen-bond acceptors (Lipinski definition) is 4. The molecule has 1 aromatic carbocycles. The smallest absolute Gasteiger partial charge is 0.266 e. The molecule has 0 heterocycles. The minimum absolute atomic E-state index is 0.175. The topological polar surface area (TPSA) is 48.0 Å². The van der Waals surface area contributed by atoms with Crippen molar-refractivity contribution >= 4 is 5.91 Å². The van der Waals surface area contributed by atoms with Gasteiger partial charge in [0, 0.05) is 27.3 Å². The molecule has 0 atom stereocenters. The lowest BCUT2D eigenvalue weighted by atomic mass is 10.1. The second-order valence-electron chi connectivity index (χ2n) is 5.34. The molecular formula is C16H24FNO4. The first-order valence-corrected chi connectivity index (χ1v) is 7.12. The van der Waals surface area contributed by atoms with Gasteiger partial charge in [-0.3, -0.25) is 4.79 Å². The highest BCUT2D eigenvalue weighted by Gasteiger charge is 2.34. The minimum atomic E-state index is -1.07. The molecule has 0 aromatic heterocycles. The number of rotatable bonds is 9. The number of ether oxygens (including phenoxy) is 3. The predicted molar refractivity (Wildman–Crippen MR) is 81.4 cm³/mol. The Balaban J connectivity index is 2.77. The lowest BCUT2D eigenvalue weighted by Gasteiger charge is -2.32. The second kappa shape index (κ2) is 8.70. The van der Waals surface area contributed by atoms with Gasteiger partial charge in [-0.1, -0.05) is 0 Å². The van der Waals surface area contributed by atoms with E-state index in [2.05, 4.69) is 0 Å². The van der Waals surface area contributed by atoms with E-state index in [1.54, 1.807) is 33.0 Å². The summed E-state index contributed by atoms with van der Waals surface area (Å²) in [6, 6.07) is 5.59. The lowest BCUT2D eigenvalue weighted by Crippen LogP contribution is -2.50. The third-order valence-corrected chi connectivity index (χ3v) is 3.12. The zero-order chi connectivity index (χ0) is 16.6. The van der Waals surface area contributed by atoms with E-state index in [1.165, 1.54) is 24.3 Å². The van der Waals surface area contributed by atoms with E-state index in [9.17, 15) is 9.18 Å². The number of amides is 1.